The molecule has 1 aliphatic heterocycles. The number of rotatable bonds is 7. The summed E-state index contributed by atoms with van der Waals surface area (Å²) >= 11 is 0. The summed E-state index contributed by atoms with van der Waals surface area (Å²) in [5, 5.41) is 10.7. The van der Waals surface area contributed by atoms with Crippen LogP contribution in [-0.4, -0.2) is 60.0 Å². The molecule has 3 aromatic rings. The van der Waals surface area contributed by atoms with Crippen molar-refractivity contribution in [3.63, 3.8) is 0 Å². The molecule has 2 unspecified atom stereocenters. The van der Waals surface area contributed by atoms with E-state index in [1.165, 1.54) is 15.8 Å². The number of benzene rings is 1. The van der Waals surface area contributed by atoms with E-state index in [0.717, 1.165) is 5.56 Å². The molecule has 1 aromatic carbocycles. The third-order valence-corrected chi connectivity index (χ3v) is 5.03. The first-order valence-corrected chi connectivity index (χ1v) is 9.70. The molecule has 0 bridgehead atoms. The number of aromatic nitrogens is 5. The zero-order valence-corrected chi connectivity index (χ0v) is 16.3. The van der Waals surface area contributed by atoms with Crippen LogP contribution in [0.1, 0.15) is 22.5 Å². The Morgan fingerprint density at radius 2 is 2.07 bits per heavy atom. The third-order valence-electron chi connectivity index (χ3n) is 5.03. The first-order chi connectivity index (χ1) is 14.6. The van der Waals surface area contributed by atoms with Gasteiger partial charge in [-0.3, -0.25) is 9.59 Å². The quantitative estimate of drug-likeness (QED) is 0.627. The second kappa shape index (κ2) is 8.85. The molecule has 1 fully saturated rings. The number of alkyl halides is 1. The zero-order chi connectivity index (χ0) is 20.9. The van der Waals surface area contributed by atoms with Crippen molar-refractivity contribution >= 4 is 11.8 Å². The van der Waals surface area contributed by atoms with Gasteiger partial charge in [-0.25, -0.2) is 14.1 Å². The Morgan fingerprint density at radius 3 is 2.83 bits per heavy atom. The minimum absolute atomic E-state index is 0.0529. The maximum Gasteiger partial charge on any atom is 0.273 e. The predicted octanol–water partition coefficient (Wildman–Crippen LogP) is 1.04. The van der Waals surface area contributed by atoms with Gasteiger partial charge in [0.2, 0.25) is 5.91 Å². The molecule has 1 N–H and O–H groups in total. The van der Waals surface area contributed by atoms with E-state index in [9.17, 15) is 14.0 Å². The largest absolute Gasteiger partial charge is 0.347 e. The molecule has 10 heteroatoms. The highest BCUT2D eigenvalue weighted by molar-refractivity contribution is 5.91. The Morgan fingerprint density at radius 1 is 1.23 bits per heavy atom. The van der Waals surface area contributed by atoms with Gasteiger partial charge >= 0.3 is 0 Å². The first-order valence-electron chi connectivity index (χ1n) is 9.70. The van der Waals surface area contributed by atoms with Gasteiger partial charge in [-0.1, -0.05) is 35.5 Å². The lowest BCUT2D eigenvalue weighted by Gasteiger charge is -2.24. The summed E-state index contributed by atoms with van der Waals surface area (Å²) in [6, 6.07) is 9.19. The lowest BCUT2D eigenvalue weighted by Crippen LogP contribution is -2.40. The molecule has 1 saturated heterocycles. The smallest absolute Gasteiger partial charge is 0.273 e. The molecule has 2 atom stereocenters. The van der Waals surface area contributed by atoms with Crippen molar-refractivity contribution in [2.75, 3.05) is 6.54 Å². The molecule has 0 radical (unpaired) electrons. The third kappa shape index (κ3) is 4.70. The zero-order valence-electron chi connectivity index (χ0n) is 16.3. The second-order valence-electron chi connectivity index (χ2n) is 7.26. The van der Waals surface area contributed by atoms with Crippen LogP contribution >= 0.6 is 0 Å². The molecule has 2 aromatic heterocycles. The minimum atomic E-state index is -1.08. The van der Waals surface area contributed by atoms with Gasteiger partial charge in [0.25, 0.3) is 5.91 Å². The van der Waals surface area contributed by atoms with E-state index < -0.39 is 6.17 Å². The number of carbonyl (C=O) groups excluding carboxylic acids is 2. The lowest BCUT2D eigenvalue weighted by molar-refractivity contribution is -0.133. The SMILES string of the molecule is O=C(NCc1ccccc1)c1cn(CC2CC(F)CN2C(=O)Cn2ccnc2)nn1. The first kappa shape index (κ1) is 19.7. The lowest BCUT2D eigenvalue weighted by atomic mass is 10.2. The molecule has 1 aliphatic rings. The van der Waals surface area contributed by atoms with Crippen molar-refractivity contribution in [2.45, 2.75) is 38.3 Å². The van der Waals surface area contributed by atoms with Crippen LogP contribution in [0.15, 0.2) is 55.2 Å². The summed E-state index contributed by atoms with van der Waals surface area (Å²) < 4.78 is 17.2. The summed E-state index contributed by atoms with van der Waals surface area (Å²) in [7, 11) is 0. The van der Waals surface area contributed by atoms with Crippen LogP contribution in [0.25, 0.3) is 0 Å². The number of hydrogen-bond acceptors (Lipinski definition) is 5. The molecular formula is C20H22FN7O2. The Kier molecular flexibility index (Phi) is 5.82. The Hall–Kier alpha value is -3.56. The van der Waals surface area contributed by atoms with Gasteiger partial charge in [-0.05, 0) is 5.56 Å². The van der Waals surface area contributed by atoms with Crippen molar-refractivity contribution < 1.29 is 14.0 Å². The van der Waals surface area contributed by atoms with Crippen molar-refractivity contribution in [3.05, 3.63) is 66.5 Å². The van der Waals surface area contributed by atoms with E-state index in [-0.39, 0.29) is 49.6 Å². The fraction of sp³-hybridized carbons (Fsp3) is 0.350. The number of carbonyl (C=O) groups is 2. The topological polar surface area (TPSA) is 97.9 Å². The highest BCUT2D eigenvalue weighted by Crippen LogP contribution is 2.22. The minimum Gasteiger partial charge on any atom is -0.347 e. The maximum atomic E-state index is 14.0. The monoisotopic (exact) mass is 411 g/mol. The normalized spacial score (nSPS) is 18.5. The Bertz CT molecular complexity index is 990. The highest BCUT2D eigenvalue weighted by atomic mass is 19.1. The summed E-state index contributed by atoms with van der Waals surface area (Å²) in [6.45, 7) is 0.815. The van der Waals surface area contributed by atoms with Gasteiger partial charge in [-0.15, -0.1) is 5.10 Å². The molecule has 4 rings (SSSR count). The number of nitrogens with zero attached hydrogens (tertiary/aromatic N) is 6. The van der Waals surface area contributed by atoms with E-state index in [1.807, 2.05) is 30.3 Å². The van der Waals surface area contributed by atoms with Crippen LogP contribution in [0.5, 0.6) is 0 Å². The molecule has 0 aliphatic carbocycles. The van der Waals surface area contributed by atoms with Crippen LogP contribution in [0.4, 0.5) is 4.39 Å². The standard InChI is InChI=1S/C20H22FN7O2/c21-16-8-17(28(10-16)19(29)13-26-7-6-22-14-26)11-27-12-18(24-25-27)20(30)23-9-15-4-2-1-3-5-15/h1-7,12,14,16-17H,8-11,13H2,(H,23,30). The van der Waals surface area contributed by atoms with Crippen molar-refractivity contribution in [1.29, 1.82) is 0 Å². The van der Waals surface area contributed by atoms with Gasteiger partial charge in [0.1, 0.15) is 12.7 Å². The van der Waals surface area contributed by atoms with Gasteiger partial charge in [0, 0.05) is 25.4 Å². The Balaban J connectivity index is 1.35. The van der Waals surface area contributed by atoms with E-state index in [2.05, 4.69) is 20.6 Å². The van der Waals surface area contributed by atoms with E-state index >= 15 is 0 Å². The summed E-state index contributed by atoms with van der Waals surface area (Å²) in [5.74, 6) is -0.521. The number of imidazole rings is 1. The molecular weight excluding hydrogens is 389 g/mol. The highest BCUT2D eigenvalue weighted by Gasteiger charge is 2.35. The molecule has 9 nitrogen and oxygen atoms in total. The second-order valence-corrected chi connectivity index (χ2v) is 7.26. The van der Waals surface area contributed by atoms with Crippen LogP contribution < -0.4 is 5.32 Å². The average molecular weight is 411 g/mol. The number of likely N-dealkylation sites (tertiary alicyclic amines) is 1. The van der Waals surface area contributed by atoms with Gasteiger partial charge < -0.3 is 14.8 Å². The summed E-state index contributed by atoms with van der Waals surface area (Å²) in [5.41, 5.74) is 1.15. The maximum absolute atomic E-state index is 14.0. The fourth-order valence-corrected chi connectivity index (χ4v) is 3.54. The van der Waals surface area contributed by atoms with Crippen LogP contribution in [-0.2, 0) is 24.4 Å². The van der Waals surface area contributed by atoms with E-state index in [4.69, 9.17) is 0 Å². The number of halogens is 1. The summed E-state index contributed by atoms with van der Waals surface area (Å²) in [4.78, 5) is 30.3. The van der Waals surface area contributed by atoms with Crippen molar-refractivity contribution in [2.24, 2.45) is 0 Å². The molecule has 2 amide bonds. The van der Waals surface area contributed by atoms with Crippen LogP contribution in [0, 0.1) is 0 Å². The van der Waals surface area contributed by atoms with Crippen molar-refractivity contribution in [1.82, 2.24) is 34.8 Å². The summed E-state index contributed by atoms with van der Waals surface area (Å²) in [6.07, 6.45) is 5.49. The number of hydrogen-bond donors (Lipinski definition) is 1. The number of nitrogens with one attached hydrogen (secondary N) is 1. The predicted molar refractivity (Wildman–Crippen MR) is 105 cm³/mol. The van der Waals surface area contributed by atoms with Crippen LogP contribution in [0.2, 0.25) is 0 Å². The van der Waals surface area contributed by atoms with Gasteiger partial charge in [-0.2, -0.15) is 0 Å². The average Bonchev–Trinajstić information content (AvgIpc) is 3.49. The number of amides is 2. The van der Waals surface area contributed by atoms with Crippen LogP contribution in [0.3, 0.4) is 0 Å². The van der Waals surface area contributed by atoms with E-state index in [0.29, 0.717) is 6.54 Å². The molecule has 0 spiro atoms. The molecule has 0 saturated carbocycles. The van der Waals surface area contributed by atoms with Gasteiger partial charge in [0.05, 0.1) is 31.7 Å². The molecule has 30 heavy (non-hydrogen) atoms. The van der Waals surface area contributed by atoms with Gasteiger partial charge in [0.15, 0.2) is 5.69 Å². The van der Waals surface area contributed by atoms with E-state index in [1.54, 1.807) is 23.3 Å². The molecule has 3 heterocycles. The van der Waals surface area contributed by atoms with Crippen molar-refractivity contribution in [3.8, 4) is 0 Å². The Labute approximate surface area is 172 Å². The fourth-order valence-electron chi connectivity index (χ4n) is 3.54. The molecule has 156 valence electrons.